The molecule has 0 fully saturated rings. The number of aliphatic hydroxyl groups is 1. The zero-order chi connectivity index (χ0) is 13.5. The fourth-order valence-electron chi connectivity index (χ4n) is 1.66. The molecule has 0 aliphatic heterocycles. The van der Waals surface area contributed by atoms with Crippen LogP contribution in [0.15, 0.2) is 24.3 Å². The summed E-state index contributed by atoms with van der Waals surface area (Å²) in [6.45, 7) is 0.531. The highest BCUT2D eigenvalue weighted by Gasteiger charge is 2.15. The predicted octanol–water partition coefficient (Wildman–Crippen LogP) is 1.38. The summed E-state index contributed by atoms with van der Waals surface area (Å²) < 4.78 is 4.90. The van der Waals surface area contributed by atoms with E-state index >= 15 is 0 Å². The van der Waals surface area contributed by atoms with E-state index in [0.29, 0.717) is 25.0 Å². The minimum absolute atomic E-state index is 0.0305. The lowest BCUT2D eigenvalue weighted by Crippen LogP contribution is -2.24. The Hall–Kier alpha value is -1.50. The molecule has 0 amide bonds. The maximum absolute atomic E-state index is 10.6. The lowest BCUT2D eigenvalue weighted by atomic mass is 10.0. The summed E-state index contributed by atoms with van der Waals surface area (Å²) in [5.41, 5.74) is 6.30. The maximum atomic E-state index is 10.6. The molecule has 1 aromatic carbocycles. The molecule has 0 saturated heterocycles. The van der Waals surface area contributed by atoms with Gasteiger partial charge in [0.2, 0.25) is 0 Å². The third kappa shape index (κ3) is 4.40. The van der Waals surface area contributed by atoms with Crippen LogP contribution in [-0.2, 0) is 4.74 Å². The van der Waals surface area contributed by atoms with Crippen LogP contribution in [0.2, 0.25) is 0 Å². The molecule has 0 aromatic heterocycles. The lowest BCUT2D eigenvalue weighted by molar-refractivity contribution is -0.385. The van der Waals surface area contributed by atoms with Crippen molar-refractivity contribution in [2.24, 2.45) is 5.73 Å². The van der Waals surface area contributed by atoms with Crippen molar-refractivity contribution < 1.29 is 14.8 Å². The van der Waals surface area contributed by atoms with E-state index in [0.717, 1.165) is 0 Å². The fraction of sp³-hybridized carbons (Fsp3) is 0.500. The second kappa shape index (κ2) is 7.05. The van der Waals surface area contributed by atoms with E-state index in [2.05, 4.69) is 0 Å². The van der Waals surface area contributed by atoms with Gasteiger partial charge in [-0.3, -0.25) is 10.1 Å². The van der Waals surface area contributed by atoms with Crippen LogP contribution in [0.1, 0.15) is 24.5 Å². The van der Waals surface area contributed by atoms with Gasteiger partial charge in [0.25, 0.3) is 5.69 Å². The summed E-state index contributed by atoms with van der Waals surface area (Å²) in [7, 11) is 1.59. The molecule has 0 aliphatic carbocycles. The van der Waals surface area contributed by atoms with Crippen molar-refractivity contribution in [2.45, 2.75) is 25.0 Å². The first-order valence-electron chi connectivity index (χ1n) is 5.71. The molecule has 0 spiro atoms. The molecule has 2 unspecified atom stereocenters. The Morgan fingerprint density at radius 2 is 2.28 bits per heavy atom. The number of benzene rings is 1. The number of rotatable bonds is 7. The molecule has 6 heteroatoms. The number of aliphatic hydroxyl groups excluding tert-OH is 1. The average Bonchev–Trinajstić information content (AvgIpc) is 2.36. The van der Waals surface area contributed by atoms with Crippen LogP contribution < -0.4 is 5.73 Å². The molecule has 0 heterocycles. The molecule has 1 aromatic rings. The minimum atomic E-state index is -0.795. The van der Waals surface area contributed by atoms with Gasteiger partial charge in [0.05, 0.1) is 11.0 Å². The van der Waals surface area contributed by atoms with Gasteiger partial charge in [-0.15, -0.1) is 0 Å². The number of hydrogen-bond donors (Lipinski definition) is 2. The first-order chi connectivity index (χ1) is 8.54. The van der Waals surface area contributed by atoms with Crippen LogP contribution in [0.25, 0.3) is 0 Å². The van der Waals surface area contributed by atoms with E-state index in [1.165, 1.54) is 12.1 Å². The van der Waals surface area contributed by atoms with E-state index in [-0.39, 0.29) is 11.7 Å². The number of methoxy groups -OCH3 is 1. The molecular formula is C12H18N2O4. The molecule has 1 rings (SSSR count). The quantitative estimate of drug-likeness (QED) is 0.565. The van der Waals surface area contributed by atoms with Crippen molar-refractivity contribution in [1.29, 1.82) is 0 Å². The zero-order valence-corrected chi connectivity index (χ0v) is 10.3. The smallest absolute Gasteiger partial charge is 0.269 e. The van der Waals surface area contributed by atoms with Crippen LogP contribution >= 0.6 is 0 Å². The van der Waals surface area contributed by atoms with Crippen molar-refractivity contribution in [3.8, 4) is 0 Å². The highest BCUT2D eigenvalue weighted by Crippen LogP contribution is 2.22. The average molecular weight is 254 g/mol. The van der Waals surface area contributed by atoms with Gasteiger partial charge in [0.1, 0.15) is 0 Å². The van der Waals surface area contributed by atoms with Gasteiger partial charge in [-0.05, 0) is 18.4 Å². The molecule has 0 radical (unpaired) electrons. The topological polar surface area (TPSA) is 98.6 Å². The van der Waals surface area contributed by atoms with E-state index in [4.69, 9.17) is 10.5 Å². The van der Waals surface area contributed by atoms with Crippen molar-refractivity contribution in [3.05, 3.63) is 39.9 Å². The van der Waals surface area contributed by atoms with Gasteiger partial charge < -0.3 is 15.6 Å². The normalized spacial score (nSPS) is 14.2. The highest BCUT2D eigenvalue weighted by molar-refractivity contribution is 5.35. The molecule has 6 nitrogen and oxygen atoms in total. The van der Waals surface area contributed by atoms with E-state index in [9.17, 15) is 15.2 Å². The van der Waals surface area contributed by atoms with E-state index < -0.39 is 11.0 Å². The fourth-order valence-corrected chi connectivity index (χ4v) is 1.66. The van der Waals surface area contributed by atoms with Crippen LogP contribution in [-0.4, -0.2) is 29.8 Å². The van der Waals surface area contributed by atoms with Crippen molar-refractivity contribution in [2.75, 3.05) is 13.7 Å². The number of nitro groups is 1. The predicted molar refractivity (Wildman–Crippen MR) is 67.1 cm³/mol. The van der Waals surface area contributed by atoms with Gasteiger partial charge in [-0.25, -0.2) is 0 Å². The number of nitrogens with zero attached hydrogens (tertiary/aromatic N) is 1. The van der Waals surface area contributed by atoms with Gasteiger partial charge in [0.15, 0.2) is 0 Å². The maximum Gasteiger partial charge on any atom is 0.269 e. The Bertz CT molecular complexity index is 397. The third-order valence-electron chi connectivity index (χ3n) is 2.68. The van der Waals surface area contributed by atoms with Crippen molar-refractivity contribution in [1.82, 2.24) is 0 Å². The third-order valence-corrected chi connectivity index (χ3v) is 2.68. The molecule has 0 bridgehead atoms. The molecular weight excluding hydrogens is 236 g/mol. The van der Waals surface area contributed by atoms with Crippen LogP contribution in [0.3, 0.4) is 0 Å². The van der Waals surface area contributed by atoms with Gasteiger partial charge in [-0.2, -0.15) is 0 Å². The first kappa shape index (κ1) is 14.6. The summed E-state index contributed by atoms with van der Waals surface area (Å²) in [6.07, 6.45) is 0.198. The summed E-state index contributed by atoms with van der Waals surface area (Å²) in [4.78, 5) is 10.1. The van der Waals surface area contributed by atoms with Crippen LogP contribution in [0, 0.1) is 10.1 Å². The molecule has 3 N–H and O–H groups in total. The minimum Gasteiger partial charge on any atom is -0.388 e. The van der Waals surface area contributed by atoms with Crippen LogP contribution in [0.4, 0.5) is 5.69 Å². The van der Waals surface area contributed by atoms with Gasteiger partial charge in [0, 0.05) is 31.9 Å². The summed E-state index contributed by atoms with van der Waals surface area (Å²) in [5.74, 6) is 0. The Balaban J connectivity index is 2.63. The Morgan fingerprint density at radius 3 is 2.89 bits per heavy atom. The highest BCUT2D eigenvalue weighted by atomic mass is 16.6. The Morgan fingerprint density at radius 1 is 1.56 bits per heavy atom. The number of nitro benzene ring substituents is 1. The largest absolute Gasteiger partial charge is 0.388 e. The Labute approximate surface area is 106 Å². The number of nitrogens with two attached hydrogens (primary N) is 1. The van der Waals surface area contributed by atoms with E-state index in [1.54, 1.807) is 19.2 Å². The molecule has 18 heavy (non-hydrogen) atoms. The zero-order valence-electron chi connectivity index (χ0n) is 10.3. The van der Waals surface area contributed by atoms with E-state index in [1.807, 2.05) is 0 Å². The monoisotopic (exact) mass is 254 g/mol. The first-order valence-corrected chi connectivity index (χ1v) is 5.71. The summed E-state index contributed by atoms with van der Waals surface area (Å²) in [6, 6.07) is 5.77. The molecule has 100 valence electrons. The van der Waals surface area contributed by atoms with Crippen LogP contribution in [0.5, 0.6) is 0 Å². The lowest BCUT2D eigenvalue weighted by Gasteiger charge is -2.16. The van der Waals surface area contributed by atoms with Crippen molar-refractivity contribution in [3.63, 3.8) is 0 Å². The van der Waals surface area contributed by atoms with Gasteiger partial charge in [-0.1, -0.05) is 12.1 Å². The summed E-state index contributed by atoms with van der Waals surface area (Å²) >= 11 is 0. The SMILES string of the molecule is COCCC(N)CC(O)c1cccc([N+](=O)[O-])c1. The van der Waals surface area contributed by atoms with Gasteiger partial charge >= 0.3 is 0 Å². The summed E-state index contributed by atoms with van der Waals surface area (Å²) in [5, 5.41) is 20.6. The number of ether oxygens (including phenoxy) is 1. The molecule has 2 atom stereocenters. The second-order valence-corrected chi connectivity index (χ2v) is 4.15. The Kier molecular flexibility index (Phi) is 5.70. The van der Waals surface area contributed by atoms with Crippen molar-refractivity contribution >= 4 is 5.69 Å². The number of non-ortho nitro benzene ring substituents is 1. The second-order valence-electron chi connectivity index (χ2n) is 4.15. The molecule has 0 aliphatic rings. The standard InChI is InChI=1S/C12H18N2O4/c1-18-6-5-10(13)8-12(15)9-3-2-4-11(7-9)14(16)17/h2-4,7,10,12,15H,5-6,8,13H2,1H3. The molecule has 0 saturated carbocycles. The number of hydrogen-bond acceptors (Lipinski definition) is 5.